The number of halogens is 1. The van der Waals surface area contributed by atoms with Gasteiger partial charge in [-0.15, -0.1) is 0 Å². The molecule has 0 radical (unpaired) electrons. The monoisotopic (exact) mass is 226 g/mol. The summed E-state index contributed by atoms with van der Waals surface area (Å²) in [6.07, 6.45) is 1.93. The summed E-state index contributed by atoms with van der Waals surface area (Å²) in [4.78, 5) is 0. The van der Waals surface area contributed by atoms with E-state index in [1.807, 2.05) is 13.0 Å². The van der Waals surface area contributed by atoms with E-state index in [2.05, 4.69) is 0 Å². The minimum absolute atomic E-state index is 0.365. The second kappa shape index (κ2) is 4.42. The van der Waals surface area contributed by atoms with Crippen LogP contribution in [0.3, 0.4) is 0 Å². The van der Waals surface area contributed by atoms with E-state index in [0.29, 0.717) is 11.7 Å². The lowest BCUT2D eigenvalue weighted by Gasteiger charge is -2.23. The smallest absolute Gasteiger partial charge is 0.119 e. The van der Waals surface area contributed by atoms with Crippen molar-refractivity contribution in [1.82, 2.24) is 0 Å². The summed E-state index contributed by atoms with van der Waals surface area (Å²) in [6, 6.07) is 3.63. The molecule has 0 aliphatic carbocycles. The molecule has 1 fully saturated rings. The quantitative estimate of drug-likeness (QED) is 0.797. The van der Waals surface area contributed by atoms with Crippen molar-refractivity contribution in [3.05, 3.63) is 28.3 Å². The Kier molecular flexibility index (Phi) is 3.17. The third kappa shape index (κ3) is 2.27. The first-order valence-electron chi connectivity index (χ1n) is 5.25. The van der Waals surface area contributed by atoms with Gasteiger partial charge in [0, 0.05) is 18.2 Å². The van der Waals surface area contributed by atoms with E-state index >= 15 is 0 Å². The number of hydrogen-bond acceptors (Lipinski definition) is 2. The molecule has 0 saturated carbocycles. The Labute approximate surface area is 94.8 Å². The van der Waals surface area contributed by atoms with Gasteiger partial charge in [0.25, 0.3) is 0 Å². The van der Waals surface area contributed by atoms with Crippen LogP contribution in [0.1, 0.15) is 29.9 Å². The van der Waals surface area contributed by atoms with E-state index < -0.39 is 0 Å². The second-order valence-electron chi connectivity index (χ2n) is 4.05. The number of phenols is 1. The normalized spacial score (nSPS) is 18.0. The summed E-state index contributed by atoms with van der Waals surface area (Å²) in [5.41, 5.74) is 1.89. The summed E-state index contributed by atoms with van der Waals surface area (Å²) in [6.45, 7) is 3.45. The molecule has 1 aromatic carbocycles. The third-order valence-electron chi connectivity index (χ3n) is 2.97. The lowest BCUT2D eigenvalue weighted by atomic mass is 9.90. The predicted molar refractivity (Wildman–Crippen MR) is 60.6 cm³/mol. The zero-order valence-electron chi connectivity index (χ0n) is 8.79. The SMILES string of the molecule is Cc1cc(O)c(C2CCOCC2)cc1Cl. The summed E-state index contributed by atoms with van der Waals surface area (Å²) >= 11 is 6.06. The lowest BCUT2D eigenvalue weighted by Crippen LogP contribution is -2.14. The van der Waals surface area contributed by atoms with E-state index in [4.69, 9.17) is 16.3 Å². The first-order valence-corrected chi connectivity index (χ1v) is 5.63. The van der Waals surface area contributed by atoms with Crippen molar-refractivity contribution in [3.63, 3.8) is 0 Å². The van der Waals surface area contributed by atoms with Gasteiger partial charge in [0.2, 0.25) is 0 Å². The molecule has 0 unspecified atom stereocenters. The first-order chi connectivity index (χ1) is 7.18. The van der Waals surface area contributed by atoms with Gasteiger partial charge in [-0.25, -0.2) is 0 Å². The van der Waals surface area contributed by atoms with Crippen LogP contribution >= 0.6 is 11.6 Å². The predicted octanol–water partition coefficient (Wildman–Crippen LogP) is 3.25. The Balaban J connectivity index is 2.30. The van der Waals surface area contributed by atoms with Crippen molar-refractivity contribution >= 4 is 11.6 Å². The number of aryl methyl sites for hydroxylation is 1. The topological polar surface area (TPSA) is 29.5 Å². The summed E-state index contributed by atoms with van der Waals surface area (Å²) in [5, 5.41) is 10.6. The molecule has 0 atom stereocenters. The van der Waals surface area contributed by atoms with Crippen molar-refractivity contribution < 1.29 is 9.84 Å². The van der Waals surface area contributed by atoms with Crippen molar-refractivity contribution in [2.24, 2.45) is 0 Å². The van der Waals surface area contributed by atoms with Crippen LogP contribution in [0.25, 0.3) is 0 Å². The molecule has 0 bridgehead atoms. The van der Waals surface area contributed by atoms with Gasteiger partial charge in [0.05, 0.1) is 0 Å². The van der Waals surface area contributed by atoms with Gasteiger partial charge in [0.15, 0.2) is 0 Å². The minimum Gasteiger partial charge on any atom is -0.508 e. The summed E-state index contributed by atoms with van der Waals surface area (Å²) < 4.78 is 5.30. The fourth-order valence-electron chi connectivity index (χ4n) is 2.02. The molecule has 82 valence electrons. The largest absolute Gasteiger partial charge is 0.508 e. The molecule has 1 heterocycles. The Bertz CT molecular complexity index is 357. The van der Waals surface area contributed by atoms with Crippen molar-refractivity contribution in [3.8, 4) is 5.75 Å². The highest BCUT2D eigenvalue weighted by Gasteiger charge is 2.19. The van der Waals surface area contributed by atoms with E-state index in [9.17, 15) is 5.11 Å². The molecule has 15 heavy (non-hydrogen) atoms. The minimum atomic E-state index is 0.365. The molecule has 1 aliphatic heterocycles. The second-order valence-corrected chi connectivity index (χ2v) is 4.45. The zero-order chi connectivity index (χ0) is 10.8. The van der Waals surface area contributed by atoms with Gasteiger partial charge in [-0.3, -0.25) is 0 Å². The van der Waals surface area contributed by atoms with Crippen molar-refractivity contribution in [1.29, 1.82) is 0 Å². The highest BCUT2D eigenvalue weighted by Crippen LogP contribution is 2.36. The average Bonchev–Trinajstić information content (AvgIpc) is 2.25. The van der Waals surface area contributed by atoms with Gasteiger partial charge in [-0.1, -0.05) is 11.6 Å². The summed E-state index contributed by atoms with van der Waals surface area (Å²) in [5.74, 6) is 0.751. The molecule has 1 saturated heterocycles. The van der Waals surface area contributed by atoms with Gasteiger partial charge in [0.1, 0.15) is 5.75 Å². The Morgan fingerprint density at radius 2 is 2.00 bits per heavy atom. The maximum Gasteiger partial charge on any atom is 0.119 e. The van der Waals surface area contributed by atoms with Gasteiger partial charge in [-0.2, -0.15) is 0 Å². The maximum absolute atomic E-state index is 9.87. The fraction of sp³-hybridized carbons (Fsp3) is 0.500. The van der Waals surface area contributed by atoms with E-state index in [-0.39, 0.29) is 0 Å². The number of rotatable bonds is 1. The first kappa shape index (κ1) is 10.8. The molecule has 0 amide bonds. The molecule has 1 aliphatic rings. The maximum atomic E-state index is 9.87. The summed E-state index contributed by atoms with van der Waals surface area (Å²) in [7, 11) is 0. The van der Waals surface area contributed by atoms with Crippen LogP contribution in [0, 0.1) is 6.92 Å². The van der Waals surface area contributed by atoms with Crippen LogP contribution in [0.5, 0.6) is 5.75 Å². The van der Waals surface area contributed by atoms with Crippen LogP contribution in [-0.2, 0) is 4.74 Å². The number of benzene rings is 1. The molecule has 0 aromatic heterocycles. The Morgan fingerprint density at radius 3 is 2.67 bits per heavy atom. The molecule has 2 rings (SSSR count). The highest BCUT2D eigenvalue weighted by atomic mass is 35.5. The number of ether oxygens (including phenoxy) is 1. The van der Waals surface area contributed by atoms with E-state index in [1.165, 1.54) is 0 Å². The Morgan fingerprint density at radius 1 is 1.33 bits per heavy atom. The van der Waals surface area contributed by atoms with Crippen LogP contribution in [0.2, 0.25) is 5.02 Å². The number of phenolic OH excluding ortho intramolecular Hbond substituents is 1. The molecular formula is C12H15ClO2. The van der Waals surface area contributed by atoms with Crippen LogP contribution < -0.4 is 0 Å². The molecule has 0 spiro atoms. The highest BCUT2D eigenvalue weighted by molar-refractivity contribution is 6.31. The van der Waals surface area contributed by atoms with E-state index in [1.54, 1.807) is 6.07 Å². The number of aromatic hydroxyl groups is 1. The molecule has 3 heteroatoms. The number of hydrogen-bond donors (Lipinski definition) is 1. The van der Waals surface area contributed by atoms with Crippen LogP contribution in [0.15, 0.2) is 12.1 Å². The Hall–Kier alpha value is -0.730. The van der Waals surface area contributed by atoms with Crippen LogP contribution in [0.4, 0.5) is 0 Å². The molecule has 2 nitrogen and oxygen atoms in total. The lowest BCUT2D eigenvalue weighted by molar-refractivity contribution is 0.0848. The molecular weight excluding hydrogens is 212 g/mol. The molecule has 1 aromatic rings. The zero-order valence-corrected chi connectivity index (χ0v) is 9.55. The standard InChI is InChI=1S/C12H15ClO2/c1-8-6-12(14)10(7-11(8)13)9-2-4-15-5-3-9/h6-7,9,14H,2-5H2,1H3. The van der Waals surface area contributed by atoms with Gasteiger partial charge >= 0.3 is 0 Å². The van der Waals surface area contributed by atoms with Crippen molar-refractivity contribution in [2.75, 3.05) is 13.2 Å². The van der Waals surface area contributed by atoms with Crippen LogP contribution in [-0.4, -0.2) is 18.3 Å². The third-order valence-corrected chi connectivity index (χ3v) is 3.38. The van der Waals surface area contributed by atoms with Gasteiger partial charge in [-0.05, 0) is 48.9 Å². The van der Waals surface area contributed by atoms with E-state index in [0.717, 1.165) is 42.2 Å². The fourth-order valence-corrected chi connectivity index (χ4v) is 2.19. The average molecular weight is 227 g/mol. The molecule has 1 N–H and O–H groups in total. The van der Waals surface area contributed by atoms with Crippen molar-refractivity contribution in [2.45, 2.75) is 25.7 Å². The van der Waals surface area contributed by atoms with Gasteiger partial charge < -0.3 is 9.84 Å².